The van der Waals surface area contributed by atoms with Crippen molar-refractivity contribution in [3.05, 3.63) is 12.2 Å². The SMILES string of the molecule is CC(C)(C)NC(=O)OC1/C=C/CC(C(=O)O)CCC1. The van der Waals surface area contributed by atoms with Crippen LogP contribution in [0.3, 0.4) is 0 Å². The molecule has 2 unspecified atom stereocenters. The lowest BCUT2D eigenvalue weighted by Gasteiger charge is -2.23. The molecule has 2 atom stereocenters. The van der Waals surface area contributed by atoms with Gasteiger partial charge in [-0.1, -0.05) is 6.08 Å². The maximum atomic E-state index is 11.6. The summed E-state index contributed by atoms with van der Waals surface area (Å²) in [5.41, 5.74) is -0.323. The molecule has 0 aromatic rings. The Hall–Kier alpha value is -1.52. The number of carbonyl (C=O) groups is 2. The number of allylic oxidation sites excluding steroid dienone is 1. The van der Waals surface area contributed by atoms with Crippen LogP contribution in [0.1, 0.15) is 46.5 Å². The van der Waals surface area contributed by atoms with E-state index in [1.54, 1.807) is 12.2 Å². The van der Waals surface area contributed by atoms with Crippen LogP contribution in [-0.2, 0) is 9.53 Å². The molecule has 1 aliphatic rings. The van der Waals surface area contributed by atoms with Gasteiger partial charge in [0.2, 0.25) is 0 Å². The molecule has 0 aromatic carbocycles. The molecule has 0 aliphatic heterocycles. The first-order valence-electron chi connectivity index (χ1n) is 6.66. The number of amides is 1. The van der Waals surface area contributed by atoms with Crippen molar-refractivity contribution in [3.8, 4) is 0 Å². The first kappa shape index (κ1) is 15.5. The Kier molecular flexibility index (Phi) is 5.39. The highest BCUT2D eigenvalue weighted by molar-refractivity contribution is 5.70. The molecule has 0 saturated heterocycles. The van der Waals surface area contributed by atoms with Gasteiger partial charge in [-0.25, -0.2) is 4.79 Å². The van der Waals surface area contributed by atoms with Crippen molar-refractivity contribution in [1.29, 1.82) is 0 Å². The van der Waals surface area contributed by atoms with Crippen molar-refractivity contribution in [2.75, 3.05) is 0 Å². The number of carboxylic acids is 1. The molecule has 0 spiro atoms. The van der Waals surface area contributed by atoms with Gasteiger partial charge >= 0.3 is 12.1 Å². The van der Waals surface area contributed by atoms with E-state index in [2.05, 4.69) is 5.32 Å². The topological polar surface area (TPSA) is 75.6 Å². The van der Waals surface area contributed by atoms with Crippen molar-refractivity contribution >= 4 is 12.1 Å². The van der Waals surface area contributed by atoms with Crippen LogP contribution in [0.5, 0.6) is 0 Å². The lowest BCUT2D eigenvalue weighted by molar-refractivity contribution is -0.142. The van der Waals surface area contributed by atoms with Crippen molar-refractivity contribution in [2.24, 2.45) is 5.92 Å². The second kappa shape index (κ2) is 6.59. The minimum absolute atomic E-state index is 0.267. The van der Waals surface area contributed by atoms with E-state index in [1.807, 2.05) is 20.8 Å². The van der Waals surface area contributed by atoms with Gasteiger partial charge < -0.3 is 15.2 Å². The smallest absolute Gasteiger partial charge is 0.408 e. The van der Waals surface area contributed by atoms with E-state index < -0.39 is 12.1 Å². The molecule has 0 radical (unpaired) electrons. The summed E-state index contributed by atoms with van der Waals surface area (Å²) >= 11 is 0. The Morgan fingerprint density at radius 3 is 2.58 bits per heavy atom. The van der Waals surface area contributed by atoms with Gasteiger partial charge in [0.15, 0.2) is 0 Å². The van der Waals surface area contributed by atoms with Crippen molar-refractivity contribution in [1.82, 2.24) is 5.32 Å². The normalized spacial score (nSPS) is 25.8. The fourth-order valence-electron chi connectivity index (χ4n) is 1.97. The van der Waals surface area contributed by atoms with Gasteiger partial charge in [0.05, 0.1) is 5.92 Å². The molecule has 0 fully saturated rings. The van der Waals surface area contributed by atoms with Crippen LogP contribution in [0.2, 0.25) is 0 Å². The van der Waals surface area contributed by atoms with Crippen LogP contribution in [-0.4, -0.2) is 28.8 Å². The molecule has 0 aromatic heterocycles. The molecule has 19 heavy (non-hydrogen) atoms. The number of aliphatic carboxylic acids is 1. The Morgan fingerprint density at radius 1 is 1.32 bits per heavy atom. The summed E-state index contributed by atoms with van der Waals surface area (Å²) in [5.74, 6) is -1.07. The summed E-state index contributed by atoms with van der Waals surface area (Å²) in [6.07, 6.45) is 5.42. The third-order valence-corrected chi connectivity index (χ3v) is 2.90. The van der Waals surface area contributed by atoms with Crippen LogP contribution >= 0.6 is 0 Å². The number of rotatable bonds is 2. The summed E-state index contributed by atoms with van der Waals surface area (Å²) in [5, 5.41) is 11.7. The van der Waals surface area contributed by atoms with E-state index in [0.29, 0.717) is 19.3 Å². The number of carbonyl (C=O) groups excluding carboxylic acids is 1. The molecule has 0 heterocycles. The van der Waals surface area contributed by atoms with E-state index in [1.165, 1.54) is 0 Å². The van der Waals surface area contributed by atoms with Crippen LogP contribution in [0.15, 0.2) is 12.2 Å². The number of carboxylic acid groups (broad SMARTS) is 1. The summed E-state index contributed by atoms with van der Waals surface area (Å²) in [7, 11) is 0. The molecular formula is C14H23NO4. The monoisotopic (exact) mass is 269 g/mol. The molecule has 1 rings (SSSR count). The molecule has 1 amide bonds. The van der Waals surface area contributed by atoms with Crippen LogP contribution in [0.4, 0.5) is 4.79 Å². The second-order valence-corrected chi connectivity index (χ2v) is 5.95. The number of hydrogen-bond donors (Lipinski definition) is 2. The minimum Gasteiger partial charge on any atom is -0.481 e. The number of ether oxygens (including phenoxy) is 1. The summed E-state index contributed by atoms with van der Waals surface area (Å²) in [6.45, 7) is 5.67. The Bertz CT molecular complexity index is 357. The summed E-state index contributed by atoms with van der Waals surface area (Å²) in [4.78, 5) is 22.5. The molecular weight excluding hydrogens is 246 g/mol. The fraction of sp³-hybridized carbons (Fsp3) is 0.714. The molecule has 2 N–H and O–H groups in total. The van der Waals surface area contributed by atoms with Crippen molar-refractivity contribution in [3.63, 3.8) is 0 Å². The molecule has 5 nitrogen and oxygen atoms in total. The van der Waals surface area contributed by atoms with Crippen LogP contribution < -0.4 is 5.32 Å². The highest BCUT2D eigenvalue weighted by atomic mass is 16.6. The Balaban J connectivity index is 2.48. The van der Waals surface area contributed by atoms with Gasteiger partial charge in [-0.15, -0.1) is 0 Å². The predicted molar refractivity (Wildman–Crippen MR) is 71.9 cm³/mol. The average molecular weight is 269 g/mol. The quantitative estimate of drug-likeness (QED) is 0.756. The van der Waals surface area contributed by atoms with E-state index in [9.17, 15) is 9.59 Å². The second-order valence-electron chi connectivity index (χ2n) is 5.95. The predicted octanol–water partition coefficient (Wildman–Crippen LogP) is 2.71. The Labute approximate surface area is 114 Å². The Morgan fingerprint density at radius 2 is 2.00 bits per heavy atom. The highest BCUT2D eigenvalue weighted by Crippen LogP contribution is 2.20. The maximum absolute atomic E-state index is 11.6. The first-order chi connectivity index (χ1) is 8.78. The standard InChI is InChI=1S/C14H23NO4/c1-14(2,3)15-13(18)19-11-8-4-6-10(12(16)17)7-5-9-11/h4,8,10-11H,5-7,9H2,1-3H3,(H,15,18)(H,16,17)/b8-4+. The zero-order valence-corrected chi connectivity index (χ0v) is 11.8. The lowest BCUT2D eigenvalue weighted by Crippen LogP contribution is -2.42. The third-order valence-electron chi connectivity index (χ3n) is 2.90. The molecule has 0 saturated carbocycles. The minimum atomic E-state index is -0.755. The number of hydrogen-bond acceptors (Lipinski definition) is 3. The molecule has 0 bridgehead atoms. The van der Waals surface area contributed by atoms with Gasteiger partial charge in [0, 0.05) is 5.54 Å². The molecule has 1 aliphatic carbocycles. The van der Waals surface area contributed by atoms with E-state index in [0.717, 1.165) is 6.42 Å². The van der Waals surface area contributed by atoms with Crippen molar-refractivity contribution in [2.45, 2.75) is 58.1 Å². The van der Waals surface area contributed by atoms with Gasteiger partial charge in [-0.3, -0.25) is 4.79 Å². The number of nitrogens with one attached hydrogen (secondary N) is 1. The summed E-state index contributed by atoms with van der Waals surface area (Å²) < 4.78 is 5.31. The molecule has 108 valence electrons. The third kappa shape index (κ3) is 6.27. The first-order valence-corrected chi connectivity index (χ1v) is 6.66. The van der Waals surface area contributed by atoms with Gasteiger partial charge in [0.25, 0.3) is 0 Å². The highest BCUT2D eigenvalue weighted by Gasteiger charge is 2.21. The number of alkyl carbamates (subject to hydrolysis) is 1. The van der Waals surface area contributed by atoms with Crippen LogP contribution in [0, 0.1) is 5.92 Å². The summed E-state index contributed by atoms with van der Waals surface area (Å²) in [6, 6.07) is 0. The maximum Gasteiger partial charge on any atom is 0.408 e. The van der Waals surface area contributed by atoms with E-state index >= 15 is 0 Å². The fourth-order valence-corrected chi connectivity index (χ4v) is 1.97. The van der Waals surface area contributed by atoms with Crippen molar-refractivity contribution < 1.29 is 19.4 Å². The van der Waals surface area contributed by atoms with Gasteiger partial charge in [-0.05, 0) is 52.5 Å². The van der Waals surface area contributed by atoms with E-state index in [4.69, 9.17) is 9.84 Å². The van der Waals surface area contributed by atoms with Crippen LogP contribution in [0.25, 0.3) is 0 Å². The molecule has 5 heteroatoms. The van der Waals surface area contributed by atoms with Gasteiger partial charge in [0.1, 0.15) is 6.10 Å². The zero-order valence-electron chi connectivity index (χ0n) is 11.8. The lowest BCUT2D eigenvalue weighted by atomic mass is 9.94. The zero-order chi connectivity index (χ0) is 14.5. The van der Waals surface area contributed by atoms with E-state index in [-0.39, 0.29) is 17.6 Å². The largest absolute Gasteiger partial charge is 0.481 e. The average Bonchev–Trinajstić information content (AvgIpc) is 2.18. The van der Waals surface area contributed by atoms with Gasteiger partial charge in [-0.2, -0.15) is 0 Å².